The number of nitrogens with zero attached hydrogens (tertiary/aromatic N) is 1. The van der Waals surface area contributed by atoms with Crippen LogP contribution in [0.1, 0.15) is 17.3 Å². The molecule has 0 N–H and O–H groups in total. The summed E-state index contributed by atoms with van der Waals surface area (Å²) in [6.07, 6.45) is 0. The van der Waals surface area contributed by atoms with E-state index in [2.05, 4.69) is 31.9 Å². The smallest absolute Gasteiger partial charge is 0.288 e. The monoisotopic (exact) mass is 351 g/mol. The molecule has 2 atom stereocenters. The van der Waals surface area contributed by atoms with Crippen molar-refractivity contribution in [2.75, 3.05) is 7.11 Å². The number of hydrogen-bond acceptors (Lipinski definition) is 3. The van der Waals surface area contributed by atoms with E-state index < -0.39 is 9.28 Å². The Balaban J connectivity index is 2.96. The van der Waals surface area contributed by atoms with Gasteiger partial charge in [0.15, 0.2) is 0 Å². The van der Waals surface area contributed by atoms with Crippen molar-refractivity contribution in [2.45, 2.75) is 16.2 Å². The van der Waals surface area contributed by atoms with Crippen LogP contribution >= 0.6 is 31.9 Å². The van der Waals surface area contributed by atoms with E-state index in [1.807, 2.05) is 0 Å². The highest BCUT2D eigenvalue weighted by molar-refractivity contribution is 9.12. The molecule has 0 fully saturated rings. The lowest BCUT2D eigenvalue weighted by atomic mass is 10.1. The fourth-order valence-electron chi connectivity index (χ4n) is 1.17. The van der Waals surface area contributed by atoms with Crippen LogP contribution in [0.15, 0.2) is 24.3 Å². The topological polar surface area (TPSA) is 52.4 Å². The van der Waals surface area contributed by atoms with Crippen LogP contribution in [-0.2, 0) is 0 Å². The molecule has 0 heterocycles. The zero-order chi connectivity index (χ0) is 12.3. The Labute approximate surface area is 110 Å². The minimum atomic E-state index is -1.23. The second-order valence-corrected chi connectivity index (χ2v) is 5.94. The van der Waals surface area contributed by atoms with Crippen LogP contribution in [0.3, 0.4) is 0 Å². The van der Waals surface area contributed by atoms with E-state index in [-0.39, 0.29) is 4.92 Å². The van der Waals surface area contributed by atoms with E-state index in [9.17, 15) is 10.1 Å². The van der Waals surface area contributed by atoms with Crippen LogP contribution in [-0.4, -0.2) is 16.5 Å². The van der Waals surface area contributed by atoms with Crippen LogP contribution in [0.25, 0.3) is 0 Å². The molecule has 0 saturated carbocycles. The Hall–Kier alpha value is -0.620. The third-order valence-electron chi connectivity index (χ3n) is 2.23. The van der Waals surface area contributed by atoms with Gasteiger partial charge < -0.3 is 4.74 Å². The van der Waals surface area contributed by atoms with Gasteiger partial charge >= 0.3 is 0 Å². The summed E-state index contributed by atoms with van der Waals surface area (Å²) in [7, 11) is 1.58. The molecule has 1 rings (SSSR count). The number of alkyl halides is 2. The van der Waals surface area contributed by atoms with Gasteiger partial charge in [0, 0.05) is 27.8 Å². The van der Waals surface area contributed by atoms with Gasteiger partial charge in [0.25, 0.3) is 4.45 Å². The average Bonchev–Trinajstić information content (AvgIpc) is 2.28. The van der Waals surface area contributed by atoms with Crippen molar-refractivity contribution in [3.8, 4) is 5.75 Å². The number of rotatable bonds is 4. The van der Waals surface area contributed by atoms with Gasteiger partial charge in [0.1, 0.15) is 10.6 Å². The quantitative estimate of drug-likeness (QED) is 0.360. The van der Waals surface area contributed by atoms with Crippen molar-refractivity contribution < 1.29 is 9.66 Å². The summed E-state index contributed by atoms with van der Waals surface area (Å²) in [5, 5.41) is 10.9. The maximum absolute atomic E-state index is 10.9. The van der Waals surface area contributed by atoms with Gasteiger partial charge in [-0.25, -0.2) is 0 Å². The highest BCUT2D eigenvalue weighted by Crippen LogP contribution is 2.40. The zero-order valence-electron chi connectivity index (χ0n) is 8.81. The number of methoxy groups -OCH3 is 1. The summed E-state index contributed by atoms with van der Waals surface area (Å²) in [6, 6.07) is 7.13. The second kappa shape index (κ2) is 5.14. The molecular formula is C10H11Br2NO3. The summed E-state index contributed by atoms with van der Waals surface area (Å²) in [5.41, 5.74) is 0.817. The molecule has 0 aliphatic carbocycles. The molecule has 16 heavy (non-hydrogen) atoms. The van der Waals surface area contributed by atoms with Gasteiger partial charge in [0.05, 0.1) is 7.11 Å². The van der Waals surface area contributed by atoms with Crippen LogP contribution in [0, 0.1) is 10.1 Å². The lowest BCUT2D eigenvalue weighted by molar-refractivity contribution is -0.530. The fourth-order valence-corrected chi connectivity index (χ4v) is 1.91. The van der Waals surface area contributed by atoms with Gasteiger partial charge in [-0.3, -0.25) is 10.1 Å². The third-order valence-corrected chi connectivity index (χ3v) is 5.01. The maximum Gasteiger partial charge on any atom is 0.288 e. The van der Waals surface area contributed by atoms with E-state index in [4.69, 9.17) is 4.74 Å². The highest BCUT2D eigenvalue weighted by Gasteiger charge is 2.42. The second-order valence-electron chi connectivity index (χ2n) is 3.42. The number of halogens is 2. The molecule has 1 aromatic rings. The molecule has 0 amide bonds. The molecule has 0 unspecified atom stereocenters. The van der Waals surface area contributed by atoms with Gasteiger partial charge in [0.2, 0.25) is 0 Å². The maximum atomic E-state index is 10.9. The Kier molecular flexibility index (Phi) is 4.32. The molecule has 0 saturated heterocycles. The highest BCUT2D eigenvalue weighted by atomic mass is 79.9. The summed E-state index contributed by atoms with van der Waals surface area (Å²) in [6.45, 7) is 1.51. The summed E-state index contributed by atoms with van der Waals surface area (Å²) in [4.78, 5) is 10.1. The third kappa shape index (κ3) is 2.74. The largest absolute Gasteiger partial charge is 0.497 e. The number of ether oxygens (including phenoxy) is 1. The van der Waals surface area contributed by atoms with Crippen LogP contribution in [0.4, 0.5) is 0 Å². The Morgan fingerprint density at radius 1 is 1.44 bits per heavy atom. The molecular weight excluding hydrogens is 342 g/mol. The van der Waals surface area contributed by atoms with Crippen molar-refractivity contribution in [1.82, 2.24) is 0 Å². The van der Waals surface area contributed by atoms with Crippen molar-refractivity contribution in [3.63, 3.8) is 0 Å². The number of hydrogen-bond donors (Lipinski definition) is 0. The van der Waals surface area contributed by atoms with E-state index >= 15 is 0 Å². The molecule has 0 aromatic heterocycles. The summed E-state index contributed by atoms with van der Waals surface area (Å²) >= 11 is 6.43. The molecule has 88 valence electrons. The molecule has 0 aliphatic rings. The van der Waals surface area contributed by atoms with Gasteiger partial charge in [-0.05, 0) is 17.7 Å². The van der Waals surface area contributed by atoms with Crippen LogP contribution < -0.4 is 4.74 Å². The number of nitro groups is 1. The average molecular weight is 353 g/mol. The molecule has 1 aromatic carbocycles. The van der Waals surface area contributed by atoms with E-state index in [0.29, 0.717) is 0 Å². The minimum Gasteiger partial charge on any atom is -0.497 e. The molecule has 0 bridgehead atoms. The Morgan fingerprint density at radius 3 is 2.31 bits per heavy atom. The van der Waals surface area contributed by atoms with Crippen LogP contribution in [0.5, 0.6) is 5.75 Å². The molecule has 6 heteroatoms. The fraction of sp³-hybridized carbons (Fsp3) is 0.400. The Morgan fingerprint density at radius 2 is 1.94 bits per heavy atom. The van der Waals surface area contributed by atoms with Crippen molar-refractivity contribution in [3.05, 3.63) is 39.9 Å². The normalized spacial score (nSPS) is 16.2. The van der Waals surface area contributed by atoms with E-state index in [1.54, 1.807) is 31.4 Å². The molecule has 4 nitrogen and oxygen atoms in total. The SMILES string of the molecule is COc1ccc([C@H](Br)[C@](C)(Br)[N+](=O)[O-])cc1. The first-order chi connectivity index (χ1) is 7.39. The van der Waals surface area contributed by atoms with Gasteiger partial charge in [-0.15, -0.1) is 0 Å². The summed E-state index contributed by atoms with van der Waals surface area (Å²) in [5.74, 6) is 0.723. The van der Waals surface area contributed by atoms with Gasteiger partial charge in [-0.1, -0.05) is 28.1 Å². The predicted molar refractivity (Wildman–Crippen MR) is 69.0 cm³/mol. The van der Waals surface area contributed by atoms with Crippen molar-refractivity contribution >= 4 is 31.9 Å². The first kappa shape index (κ1) is 13.4. The summed E-state index contributed by atoms with van der Waals surface area (Å²) < 4.78 is 3.79. The predicted octanol–water partition coefficient (Wildman–Crippen LogP) is 3.52. The first-order valence-electron chi connectivity index (χ1n) is 4.51. The minimum absolute atomic E-state index is 0.364. The van der Waals surface area contributed by atoms with E-state index in [1.165, 1.54) is 6.92 Å². The molecule has 0 aliphatic heterocycles. The van der Waals surface area contributed by atoms with Crippen LogP contribution in [0.2, 0.25) is 0 Å². The van der Waals surface area contributed by atoms with Crippen molar-refractivity contribution in [2.24, 2.45) is 0 Å². The Bertz CT molecular complexity index is 378. The van der Waals surface area contributed by atoms with E-state index in [0.717, 1.165) is 11.3 Å². The van der Waals surface area contributed by atoms with Gasteiger partial charge in [-0.2, -0.15) is 0 Å². The first-order valence-corrected chi connectivity index (χ1v) is 6.22. The zero-order valence-corrected chi connectivity index (χ0v) is 12.0. The molecule has 0 spiro atoms. The lowest BCUT2D eigenvalue weighted by Gasteiger charge is -2.20. The lowest BCUT2D eigenvalue weighted by Crippen LogP contribution is -2.31. The number of benzene rings is 1. The van der Waals surface area contributed by atoms with Crippen molar-refractivity contribution in [1.29, 1.82) is 0 Å². The standard InChI is InChI=1S/C10H11Br2NO3/c1-10(12,13(14)15)9(11)7-3-5-8(16-2)6-4-7/h3-6,9H,1-2H3/t9-,10+/m0/s1. The molecule has 0 radical (unpaired) electrons.